The minimum atomic E-state index is -1.27. The molecule has 24 heavy (non-hydrogen) atoms. The first-order valence-electron chi connectivity index (χ1n) is 8.82. The van der Waals surface area contributed by atoms with Crippen LogP contribution in [0.5, 0.6) is 5.75 Å². The van der Waals surface area contributed by atoms with Crippen LogP contribution in [0.4, 0.5) is 4.79 Å². The maximum absolute atomic E-state index is 11.0. The van der Waals surface area contributed by atoms with Crippen molar-refractivity contribution in [2.45, 2.75) is 51.4 Å². The maximum Gasteiger partial charge on any atom is 0.511 e. The van der Waals surface area contributed by atoms with Gasteiger partial charge in [-0.2, -0.15) is 0 Å². The van der Waals surface area contributed by atoms with Crippen molar-refractivity contribution < 1.29 is 14.6 Å². The number of rotatable bonds is 4. The topological polar surface area (TPSA) is 46.5 Å². The predicted octanol–water partition coefficient (Wildman–Crippen LogP) is 6.02. The molecule has 0 bridgehead atoms. The Morgan fingerprint density at radius 2 is 1.79 bits per heavy atom. The highest BCUT2D eigenvalue weighted by Crippen LogP contribution is 2.37. The lowest BCUT2D eigenvalue weighted by atomic mass is 9.83. The molecule has 0 heterocycles. The molecule has 0 atom stereocenters. The van der Waals surface area contributed by atoms with Crippen molar-refractivity contribution in [2.75, 3.05) is 0 Å². The van der Waals surface area contributed by atoms with Gasteiger partial charge < -0.3 is 9.84 Å². The predicted molar refractivity (Wildman–Crippen MR) is 95.7 cm³/mol. The number of carbonyl (C=O) groups is 1. The van der Waals surface area contributed by atoms with E-state index in [2.05, 4.69) is 31.2 Å². The molecule has 0 radical (unpaired) electrons. The van der Waals surface area contributed by atoms with Crippen molar-refractivity contribution in [3.63, 3.8) is 0 Å². The summed E-state index contributed by atoms with van der Waals surface area (Å²) in [7, 11) is 0. The normalized spacial score (nSPS) is 15.2. The number of ether oxygens (including phenoxy) is 1. The first-order valence-corrected chi connectivity index (χ1v) is 8.82. The van der Waals surface area contributed by atoms with E-state index in [0.717, 1.165) is 23.1 Å². The molecule has 0 spiro atoms. The molecule has 1 N–H and O–H groups in total. The summed E-state index contributed by atoms with van der Waals surface area (Å²) in [6.07, 6.45) is 6.11. The fraction of sp³-hybridized carbons (Fsp3) is 0.381. The Balaban J connectivity index is 1.94. The molecular weight excluding hydrogens is 300 g/mol. The van der Waals surface area contributed by atoms with Crippen LogP contribution in [-0.4, -0.2) is 11.3 Å². The van der Waals surface area contributed by atoms with Crippen LogP contribution in [0.15, 0.2) is 42.5 Å². The van der Waals surface area contributed by atoms with Crippen molar-refractivity contribution >= 4 is 6.16 Å². The Bertz CT molecular complexity index is 698. The average Bonchev–Trinajstić information content (AvgIpc) is 2.62. The van der Waals surface area contributed by atoms with E-state index < -0.39 is 6.16 Å². The van der Waals surface area contributed by atoms with Gasteiger partial charge in [0.25, 0.3) is 0 Å². The van der Waals surface area contributed by atoms with E-state index in [1.165, 1.54) is 37.7 Å². The van der Waals surface area contributed by atoms with Crippen LogP contribution in [0.2, 0.25) is 0 Å². The van der Waals surface area contributed by atoms with Crippen molar-refractivity contribution in [3.05, 3.63) is 53.6 Å². The Labute approximate surface area is 143 Å². The van der Waals surface area contributed by atoms with Crippen molar-refractivity contribution in [3.8, 4) is 16.9 Å². The van der Waals surface area contributed by atoms with Crippen molar-refractivity contribution in [1.82, 2.24) is 0 Å². The van der Waals surface area contributed by atoms with E-state index in [9.17, 15) is 4.79 Å². The van der Waals surface area contributed by atoms with Crippen LogP contribution < -0.4 is 4.74 Å². The van der Waals surface area contributed by atoms with E-state index in [4.69, 9.17) is 9.84 Å². The van der Waals surface area contributed by atoms with Crippen LogP contribution >= 0.6 is 0 Å². The van der Waals surface area contributed by atoms with E-state index in [1.807, 2.05) is 12.1 Å². The summed E-state index contributed by atoms with van der Waals surface area (Å²) in [5.41, 5.74) is 4.40. The lowest BCUT2D eigenvalue weighted by Crippen LogP contribution is -2.06. The van der Waals surface area contributed by atoms with Gasteiger partial charge in [-0.25, -0.2) is 4.79 Å². The molecule has 1 aliphatic carbocycles. The molecule has 1 saturated carbocycles. The highest BCUT2D eigenvalue weighted by Gasteiger charge is 2.17. The zero-order valence-corrected chi connectivity index (χ0v) is 14.1. The average molecular weight is 324 g/mol. The third kappa shape index (κ3) is 3.61. The van der Waals surface area contributed by atoms with E-state index in [-0.39, 0.29) is 0 Å². The van der Waals surface area contributed by atoms with Gasteiger partial charge in [0.2, 0.25) is 0 Å². The zero-order chi connectivity index (χ0) is 16.9. The van der Waals surface area contributed by atoms with Gasteiger partial charge in [-0.3, -0.25) is 0 Å². The van der Waals surface area contributed by atoms with Gasteiger partial charge in [-0.1, -0.05) is 62.6 Å². The van der Waals surface area contributed by atoms with Crippen LogP contribution in [0.3, 0.4) is 0 Å². The van der Waals surface area contributed by atoms with Gasteiger partial charge in [0.1, 0.15) is 5.75 Å². The highest BCUT2D eigenvalue weighted by atomic mass is 16.7. The second kappa shape index (κ2) is 7.52. The van der Waals surface area contributed by atoms with Gasteiger partial charge in [0, 0.05) is 5.56 Å². The van der Waals surface area contributed by atoms with Crippen molar-refractivity contribution in [1.29, 1.82) is 0 Å². The number of carboxylic acid groups (broad SMARTS) is 1. The summed E-state index contributed by atoms with van der Waals surface area (Å²) in [6.45, 7) is 2.07. The zero-order valence-electron chi connectivity index (χ0n) is 14.1. The first-order chi connectivity index (χ1) is 11.7. The number of hydrogen-bond acceptors (Lipinski definition) is 2. The standard InChI is InChI=1S/C21H24O3/c1-2-15-9-6-10-19(24-21(22)23)20(15)18-13-11-17(12-14-18)16-7-4-3-5-8-16/h6,9-14,16H,2-5,7-8H2,1H3,(H,22,23). The molecule has 3 nitrogen and oxygen atoms in total. The first kappa shape index (κ1) is 16.6. The summed E-state index contributed by atoms with van der Waals surface area (Å²) < 4.78 is 5.01. The van der Waals surface area contributed by atoms with Crippen molar-refractivity contribution in [2.24, 2.45) is 0 Å². The smallest absolute Gasteiger partial charge is 0.449 e. The number of benzene rings is 2. The number of aryl methyl sites for hydroxylation is 1. The monoisotopic (exact) mass is 324 g/mol. The molecule has 2 aromatic carbocycles. The minimum absolute atomic E-state index is 0.410. The largest absolute Gasteiger partial charge is 0.511 e. The molecule has 0 amide bonds. The molecule has 0 unspecified atom stereocenters. The van der Waals surface area contributed by atoms with Crippen LogP contribution in [0.25, 0.3) is 11.1 Å². The Hall–Kier alpha value is -2.29. The molecule has 2 aromatic rings. The van der Waals surface area contributed by atoms with E-state index in [1.54, 1.807) is 6.07 Å². The second-order valence-corrected chi connectivity index (χ2v) is 6.47. The summed E-state index contributed by atoms with van der Waals surface area (Å²) in [5.74, 6) is 1.08. The Kier molecular flexibility index (Phi) is 5.19. The van der Waals surface area contributed by atoms with Crippen LogP contribution in [0.1, 0.15) is 56.1 Å². The minimum Gasteiger partial charge on any atom is -0.449 e. The molecule has 0 aromatic heterocycles. The van der Waals surface area contributed by atoms with Gasteiger partial charge in [0.05, 0.1) is 0 Å². The molecule has 0 aliphatic heterocycles. The van der Waals surface area contributed by atoms with Crippen LogP contribution in [0, 0.1) is 0 Å². The molecule has 3 heteroatoms. The highest BCUT2D eigenvalue weighted by molar-refractivity contribution is 5.77. The van der Waals surface area contributed by atoms with Gasteiger partial charge in [0.15, 0.2) is 0 Å². The van der Waals surface area contributed by atoms with Gasteiger partial charge in [-0.05, 0) is 47.9 Å². The third-order valence-electron chi connectivity index (χ3n) is 4.97. The Morgan fingerprint density at radius 3 is 2.42 bits per heavy atom. The Morgan fingerprint density at radius 1 is 1.08 bits per heavy atom. The van der Waals surface area contributed by atoms with Gasteiger partial charge >= 0.3 is 6.16 Å². The summed E-state index contributed by atoms with van der Waals surface area (Å²) in [5, 5.41) is 8.99. The fourth-order valence-electron chi connectivity index (χ4n) is 3.74. The molecule has 0 saturated heterocycles. The lowest BCUT2D eigenvalue weighted by molar-refractivity contribution is 0.144. The molecule has 126 valence electrons. The van der Waals surface area contributed by atoms with Gasteiger partial charge in [-0.15, -0.1) is 0 Å². The summed E-state index contributed by atoms with van der Waals surface area (Å²) in [4.78, 5) is 11.0. The molecular formula is C21H24O3. The number of hydrogen-bond donors (Lipinski definition) is 1. The fourth-order valence-corrected chi connectivity index (χ4v) is 3.74. The second-order valence-electron chi connectivity index (χ2n) is 6.47. The summed E-state index contributed by atoms with van der Waals surface area (Å²) in [6, 6.07) is 14.2. The van der Waals surface area contributed by atoms with E-state index in [0.29, 0.717) is 11.7 Å². The SMILES string of the molecule is CCc1cccc(OC(=O)O)c1-c1ccc(C2CCCCC2)cc1. The van der Waals surface area contributed by atoms with E-state index >= 15 is 0 Å². The quantitative estimate of drug-likeness (QED) is 0.552. The summed E-state index contributed by atoms with van der Waals surface area (Å²) >= 11 is 0. The molecule has 3 rings (SSSR count). The maximum atomic E-state index is 11.0. The molecule has 1 fully saturated rings. The van der Waals surface area contributed by atoms with Crippen LogP contribution in [-0.2, 0) is 6.42 Å². The molecule has 1 aliphatic rings. The third-order valence-corrected chi connectivity index (χ3v) is 4.97. The lowest BCUT2D eigenvalue weighted by Gasteiger charge is -2.22.